The summed E-state index contributed by atoms with van der Waals surface area (Å²) in [5.41, 5.74) is 0.535. The van der Waals surface area contributed by atoms with Gasteiger partial charge in [-0.25, -0.2) is 0 Å². The molecule has 5 heteroatoms. The minimum Gasteiger partial charge on any atom is -0.349 e. The maximum Gasteiger partial charge on any atom is 0.253 e. The number of carbonyl (C=O) groups is 1. The number of nitrogens with zero attached hydrogens (tertiary/aromatic N) is 1. The Hall–Kier alpha value is -0.580. The van der Waals surface area contributed by atoms with Gasteiger partial charge in [0.2, 0.25) is 0 Å². The molecule has 2 rings (SSSR count). The molecule has 0 atom stereocenters. The Morgan fingerprint density at radius 3 is 2.65 bits per heavy atom. The molecule has 1 heterocycles. The number of halogens is 2. The van der Waals surface area contributed by atoms with Crippen LogP contribution in [0.5, 0.6) is 0 Å². The molecule has 0 aliphatic carbocycles. The zero-order valence-corrected chi connectivity index (χ0v) is 14.2. The summed E-state index contributed by atoms with van der Waals surface area (Å²) in [4.78, 5) is 14.7. The first-order chi connectivity index (χ1) is 9.49. The largest absolute Gasteiger partial charge is 0.349 e. The fourth-order valence-corrected chi connectivity index (χ4v) is 3.08. The predicted molar refractivity (Wildman–Crippen MR) is 86.3 cm³/mol. The van der Waals surface area contributed by atoms with E-state index < -0.39 is 0 Å². The van der Waals surface area contributed by atoms with Crippen LogP contribution in [0.25, 0.3) is 0 Å². The predicted octanol–water partition coefficient (Wildman–Crippen LogP) is 3.71. The van der Waals surface area contributed by atoms with Gasteiger partial charge in [-0.2, -0.15) is 0 Å². The average Bonchev–Trinajstić information content (AvgIpc) is 2.42. The van der Waals surface area contributed by atoms with E-state index in [1.807, 2.05) is 12.1 Å². The molecule has 1 saturated heterocycles. The molecule has 1 aromatic rings. The molecule has 3 nitrogen and oxygen atoms in total. The zero-order valence-electron chi connectivity index (χ0n) is 11.8. The van der Waals surface area contributed by atoms with Crippen LogP contribution < -0.4 is 5.32 Å². The first-order valence-corrected chi connectivity index (χ1v) is 8.15. The normalized spacial score (nSPS) is 17.4. The van der Waals surface area contributed by atoms with Crippen molar-refractivity contribution in [1.82, 2.24) is 10.2 Å². The van der Waals surface area contributed by atoms with E-state index in [0.717, 1.165) is 30.4 Å². The molecule has 0 aromatic heterocycles. The fraction of sp³-hybridized carbons (Fsp3) is 0.533. The van der Waals surface area contributed by atoms with Gasteiger partial charge in [0.05, 0.1) is 10.6 Å². The number of nitrogens with one attached hydrogen (secondary N) is 1. The molecule has 1 aliphatic rings. The molecule has 1 amide bonds. The van der Waals surface area contributed by atoms with Crippen molar-refractivity contribution in [3.05, 3.63) is 33.3 Å². The average molecular weight is 360 g/mol. The highest BCUT2D eigenvalue weighted by molar-refractivity contribution is 9.10. The molecule has 0 radical (unpaired) electrons. The van der Waals surface area contributed by atoms with E-state index >= 15 is 0 Å². The second kappa shape index (κ2) is 6.92. The second-order valence-corrected chi connectivity index (χ2v) is 6.71. The SMILES string of the molecule is CC(C)N1CCC(NC(=O)c2cccc(Br)c2Cl)CC1. The van der Waals surface area contributed by atoms with Crippen molar-refractivity contribution in [3.63, 3.8) is 0 Å². The summed E-state index contributed by atoms with van der Waals surface area (Å²) in [5, 5.41) is 3.57. The van der Waals surface area contributed by atoms with E-state index in [9.17, 15) is 4.79 Å². The third kappa shape index (κ3) is 3.74. The van der Waals surface area contributed by atoms with Gasteiger partial charge in [-0.3, -0.25) is 4.79 Å². The van der Waals surface area contributed by atoms with Crippen LogP contribution >= 0.6 is 27.5 Å². The molecule has 0 saturated carbocycles. The highest BCUT2D eigenvalue weighted by Crippen LogP contribution is 2.26. The van der Waals surface area contributed by atoms with E-state index in [-0.39, 0.29) is 11.9 Å². The maximum absolute atomic E-state index is 12.3. The van der Waals surface area contributed by atoms with Gasteiger partial charge in [-0.1, -0.05) is 17.7 Å². The number of amides is 1. The van der Waals surface area contributed by atoms with Gasteiger partial charge in [0.25, 0.3) is 5.91 Å². The van der Waals surface area contributed by atoms with Crippen LogP contribution in [0.4, 0.5) is 0 Å². The van der Waals surface area contributed by atoms with Gasteiger partial charge >= 0.3 is 0 Å². The molecule has 0 bridgehead atoms. The van der Waals surface area contributed by atoms with Crippen molar-refractivity contribution in [2.24, 2.45) is 0 Å². The molecular weight excluding hydrogens is 340 g/mol. The Bertz CT molecular complexity index is 485. The lowest BCUT2D eigenvalue weighted by Crippen LogP contribution is -2.46. The highest BCUT2D eigenvalue weighted by Gasteiger charge is 2.23. The zero-order chi connectivity index (χ0) is 14.7. The number of carbonyl (C=O) groups excluding carboxylic acids is 1. The molecule has 1 N–H and O–H groups in total. The maximum atomic E-state index is 12.3. The van der Waals surface area contributed by atoms with Gasteiger partial charge in [-0.15, -0.1) is 0 Å². The lowest BCUT2D eigenvalue weighted by molar-refractivity contribution is 0.0901. The van der Waals surface area contributed by atoms with Crippen LogP contribution in [-0.2, 0) is 0 Å². The van der Waals surface area contributed by atoms with Crippen LogP contribution in [0, 0.1) is 0 Å². The minimum atomic E-state index is -0.0840. The molecule has 1 aliphatic heterocycles. The van der Waals surface area contributed by atoms with Crippen molar-refractivity contribution >= 4 is 33.4 Å². The van der Waals surface area contributed by atoms with E-state index in [2.05, 4.69) is 40.0 Å². The van der Waals surface area contributed by atoms with E-state index in [1.165, 1.54) is 0 Å². The minimum absolute atomic E-state index is 0.0840. The molecule has 0 spiro atoms. The van der Waals surface area contributed by atoms with Gasteiger partial charge in [0.15, 0.2) is 0 Å². The van der Waals surface area contributed by atoms with Crippen molar-refractivity contribution in [3.8, 4) is 0 Å². The summed E-state index contributed by atoms with van der Waals surface area (Å²) in [5.74, 6) is -0.0840. The summed E-state index contributed by atoms with van der Waals surface area (Å²) >= 11 is 9.50. The first kappa shape index (κ1) is 15.8. The van der Waals surface area contributed by atoms with Crippen LogP contribution in [0.15, 0.2) is 22.7 Å². The number of piperidine rings is 1. The number of hydrogen-bond donors (Lipinski definition) is 1. The Morgan fingerprint density at radius 2 is 2.05 bits per heavy atom. The second-order valence-electron chi connectivity index (χ2n) is 5.48. The molecule has 110 valence electrons. The van der Waals surface area contributed by atoms with Crippen molar-refractivity contribution in [2.75, 3.05) is 13.1 Å². The van der Waals surface area contributed by atoms with Crippen molar-refractivity contribution < 1.29 is 4.79 Å². The smallest absolute Gasteiger partial charge is 0.253 e. The Kier molecular flexibility index (Phi) is 5.47. The third-order valence-corrected chi connectivity index (χ3v) is 5.09. The lowest BCUT2D eigenvalue weighted by Gasteiger charge is -2.34. The summed E-state index contributed by atoms with van der Waals surface area (Å²) in [6.07, 6.45) is 1.99. The van der Waals surface area contributed by atoms with Gasteiger partial charge < -0.3 is 10.2 Å². The number of hydrogen-bond acceptors (Lipinski definition) is 2. The lowest BCUT2D eigenvalue weighted by atomic mass is 10.0. The molecular formula is C15H20BrClN2O. The standard InChI is InChI=1S/C15H20BrClN2O/c1-10(2)19-8-6-11(7-9-19)18-15(20)12-4-3-5-13(16)14(12)17/h3-5,10-11H,6-9H2,1-2H3,(H,18,20). The van der Waals surface area contributed by atoms with Gasteiger partial charge in [-0.05, 0) is 54.8 Å². The Balaban J connectivity index is 1.94. The highest BCUT2D eigenvalue weighted by atomic mass is 79.9. The summed E-state index contributed by atoms with van der Waals surface area (Å²) in [6.45, 7) is 6.49. The Morgan fingerprint density at radius 1 is 1.40 bits per heavy atom. The van der Waals surface area contributed by atoms with Crippen LogP contribution in [-0.4, -0.2) is 36.0 Å². The quantitative estimate of drug-likeness (QED) is 0.892. The van der Waals surface area contributed by atoms with Crippen LogP contribution in [0.1, 0.15) is 37.0 Å². The van der Waals surface area contributed by atoms with Gasteiger partial charge in [0, 0.05) is 29.6 Å². The number of likely N-dealkylation sites (tertiary alicyclic amines) is 1. The summed E-state index contributed by atoms with van der Waals surface area (Å²) in [6, 6.07) is 6.23. The van der Waals surface area contributed by atoms with Crippen LogP contribution in [0.3, 0.4) is 0 Å². The molecule has 1 fully saturated rings. The topological polar surface area (TPSA) is 32.3 Å². The monoisotopic (exact) mass is 358 g/mol. The van der Waals surface area contributed by atoms with E-state index in [0.29, 0.717) is 16.6 Å². The fourth-order valence-electron chi connectivity index (χ4n) is 2.50. The van der Waals surface area contributed by atoms with Crippen molar-refractivity contribution in [1.29, 1.82) is 0 Å². The molecule has 1 aromatic carbocycles. The molecule has 20 heavy (non-hydrogen) atoms. The number of rotatable bonds is 3. The third-order valence-electron chi connectivity index (χ3n) is 3.79. The Labute approximate surface area is 133 Å². The first-order valence-electron chi connectivity index (χ1n) is 6.98. The van der Waals surface area contributed by atoms with E-state index in [1.54, 1.807) is 6.07 Å². The van der Waals surface area contributed by atoms with E-state index in [4.69, 9.17) is 11.6 Å². The summed E-state index contributed by atoms with van der Waals surface area (Å²) < 4.78 is 0.751. The summed E-state index contributed by atoms with van der Waals surface area (Å²) in [7, 11) is 0. The molecule has 0 unspecified atom stereocenters. The van der Waals surface area contributed by atoms with Crippen LogP contribution in [0.2, 0.25) is 5.02 Å². The number of benzene rings is 1. The van der Waals surface area contributed by atoms with Gasteiger partial charge in [0.1, 0.15) is 0 Å². The van der Waals surface area contributed by atoms with Crippen molar-refractivity contribution in [2.45, 2.75) is 38.8 Å².